The van der Waals surface area contributed by atoms with Crippen LogP contribution in [0.5, 0.6) is 17.5 Å². The van der Waals surface area contributed by atoms with E-state index >= 15 is 0 Å². The number of aliphatic hydroxyl groups excluding tert-OH is 1. The van der Waals surface area contributed by atoms with Gasteiger partial charge in [0.15, 0.2) is 11.5 Å². The first-order valence-corrected chi connectivity index (χ1v) is 21.8. The highest BCUT2D eigenvalue weighted by atomic mass is 16.6. The monoisotopic (exact) mass is 851 g/mol. The number of hydrogen-bond acceptors (Lipinski definition) is 12. The molecule has 2 unspecified atom stereocenters. The number of nitrogens with zero attached hydrogens (tertiary/aromatic N) is 8. The van der Waals surface area contributed by atoms with Gasteiger partial charge in [-0.15, -0.1) is 5.10 Å². The number of imidazole rings is 1. The molecule has 2 atom stereocenters. The summed E-state index contributed by atoms with van der Waals surface area (Å²) >= 11 is 0. The Morgan fingerprint density at radius 2 is 1.47 bits per heavy atom. The Hall–Kier alpha value is -5.63. The van der Waals surface area contributed by atoms with Crippen molar-refractivity contribution in [1.29, 1.82) is 0 Å². The van der Waals surface area contributed by atoms with E-state index in [1.807, 2.05) is 87.2 Å². The minimum atomic E-state index is -1.12. The predicted molar refractivity (Wildman–Crippen MR) is 242 cm³/mol. The Morgan fingerprint density at radius 1 is 0.871 bits per heavy atom. The number of piperazine rings is 1. The molecule has 0 spiro atoms. The van der Waals surface area contributed by atoms with Gasteiger partial charge < -0.3 is 38.8 Å². The van der Waals surface area contributed by atoms with Crippen LogP contribution in [0.15, 0.2) is 67.0 Å². The first-order valence-electron chi connectivity index (χ1n) is 21.8. The summed E-state index contributed by atoms with van der Waals surface area (Å²) in [4.78, 5) is 34.4. The fourth-order valence-corrected chi connectivity index (χ4v) is 7.97. The lowest BCUT2D eigenvalue weighted by atomic mass is 9.84. The van der Waals surface area contributed by atoms with E-state index in [0.29, 0.717) is 55.4 Å². The highest BCUT2D eigenvalue weighted by molar-refractivity contribution is 5.69. The number of aryl methyl sites for hydroxylation is 1. The maximum atomic E-state index is 13.3. The molecule has 14 nitrogen and oxygen atoms in total. The normalized spacial score (nSPS) is 15.2. The zero-order valence-electron chi connectivity index (χ0n) is 38.5. The number of aromatic nitrogens is 5. The van der Waals surface area contributed by atoms with Crippen LogP contribution in [0.1, 0.15) is 115 Å². The number of fused-ring (bicyclic) bond motifs is 1. The smallest absolute Gasteiger partial charge is 0.410 e. The molecule has 1 aliphatic heterocycles. The van der Waals surface area contributed by atoms with Gasteiger partial charge in [0.25, 0.3) is 0 Å². The zero-order valence-corrected chi connectivity index (χ0v) is 38.5. The van der Waals surface area contributed by atoms with E-state index in [9.17, 15) is 9.90 Å². The van der Waals surface area contributed by atoms with Gasteiger partial charge in [-0.3, -0.25) is 0 Å². The van der Waals surface area contributed by atoms with Gasteiger partial charge in [-0.25, -0.2) is 19.3 Å². The van der Waals surface area contributed by atoms with Crippen molar-refractivity contribution in [3.8, 4) is 17.5 Å². The standard InChI is InChI=1S/C48H66N8O6/c1-12-14-38(15-13-2)61-45-51-44(54(29-33-16-20-36(59-10)21-17-33)30-34-18-22-37(60-11)23-19-34)43-50-28-39(56(43)52-45)41(57)35-26-32(3)42(49-27-35)53-24-25-55(40(31-53)47(4,5)6)46(58)62-48(7,8)9/h16-23,26-28,38,40-41,57H,12-15,24-25,29-31H2,1-11H3. The van der Waals surface area contributed by atoms with Crippen LogP contribution in [0.4, 0.5) is 16.4 Å². The number of benzene rings is 2. The van der Waals surface area contributed by atoms with Crippen LogP contribution in [-0.2, 0) is 17.8 Å². The number of rotatable bonds is 16. The van der Waals surface area contributed by atoms with Crippen LogP contribution < -0.4 is 24.0 Å². The summed E-state index contributed by atoms with van der Waals surface area (Å²) in [5, 5.41) is 17.1. The average molecular weight is 851 g/mol. The number of carbonyl (C=O) groups is 1. The van der Waals surface area contributed by atoms with E-state index in [0.717, 1.165) is 59.7 Å². The van der Waals surface area contributed by atoms with Gasteiger partial charge in [0, 0.05) is 44.5 Å². The Balaban J connectivity index is 1.37. The molecule has 1 N–H and O–H groups in total. The van der Waals surface area contributed by atoms with E-state index in [1.54, 1.807) is 31.1 Å². The van der Waals surface area contributed by atoms with Crippen LogP contribution in [0.25, 0.3) is 5.65 Å². The molecule has 3 aromatic heterocycles. The molecule has 0 aliphatic carbocycles. The van der Waals surface area contributed by atoms with Crippen LogP contribution >= 0.6 is 0 Å². The van der Waals surface area contributed by atoms with E-state index < -0.39 is 11.7 Å². The van der Waals surface area contributed by atoms with Gasteiger partial charge in [-0.05, 0) is 93.0 Å². The number of aliphatic hydroxyl groups is 1. The Labute approximate surface area is 367 Å². The summed E-state index contributed by atoms with van der Waals surface area (Å²) in [6.07, 6.45) is 5.50. The summed E-state index contributed by atoms with van der Waals surface area (Å²) < 4.78 is 25.0. The fraction of sp³-hybridized carbons (Fsp3) is 0.521. The number of ether oxygens (including phenoxy) is 4. The molecule has 334 valence electrons. The van der Waals surface area contributed by atoms with Crippen molar-refractivity contribution < 1.29 is 28.8 Å². The zero-order chi connectivity index (χ0) is 44.8. The number of amides is 1. The van der Waals surface area contributed by atoms with Gasteiger partial charge in [-0.1, -0.05) is 71.7 Å². The summed E-state index contributed by atoms with van der Waals surface area (Å²) in [5.41, 5.74) is 3.72. The average Bonchev–Trinajstić information content (AvgIpc) is 3.66. The summed E-state index contributed by atoms with van der Waals surface area (Å²) in [6.45, 7) is 21.1. The Bertz CT molecular complexity index is 2190. The lowest BCUT2D eigenvalue weighted by molar-refractivity contribution is -0.000709. The third-order valence-corrected chi connectivity index (χ3v) is 11.2. The molecular weight excluding hydrogens is 785 g/mol. The molecule has 1 amide bonds. The summed E-state index contributed by atoms with van der Waals surface area (Å²) in [6, 6.07) is 18.0. The number of hydrogen-bond donors (Lipinski definition) is 1. The van der Waals surface area contributed by atoms with Crippen LogP contribution in [-0.4, -0.2) is 92.3 Å². The molecule has 14 heteroatoms. The van der Waals surface area contributed by atoms with E-state index in [-0.39, 0.29) is 29.7 Å². The van der Waals surface area contributed by atoms with Gasteiger partial charge in [-0.2, -0.15) is 4.98 Å². The highest BCUT2D eigenvalue weighted by Crippen LogP contribution is 2.34. The minimum absolute atomic E-state index is 0.0768. The number of pyridine rings is 1. The Kier molecular flexibility index (Phi) is 14.5. The maximum Gasteiger partial charge on any atom is 0.410 e. The van der Waals surface area contributed by atoms with Gasteiger partial charge >= 0.3 is 12.1 Å². The molecule has 1 fully saturated rings. The topological polar surface area (TPSA) is 140 Å². The molecule has 0 bridgehead atoms. The number of anilines is 2. The molecular formula is C48H66N8O6. The molecule has 62 heavy (non-hydrogen) atoms. The number of methoxy groups -OCH3 is 2. The second-order valence-electron chi connectivity index (χ2n) is 18.3. The first kappa shape index (κ1) is 45.9. The lowest BCUT2D eigenvalue weighted by Crippen LogP contribution is -2.60. The maximum absolute atomic E-state index is 13.3. The highest BCUT2D eigenvalue weighted by Gasteiger charge is 2.40. The minimum Gasteiger partial charge on any atom is -0.497 e. The van der Waals surface area contributed by atoms with Crippen molar-refractivity contribution in [1.82, 2.24) is 29.5 Å². The molecule has 4 heterocycles. The summed E-state index contributed by atoms with van der Waals surface area (Å²) in [5.74, 6) is 2.92. The molecule has 6 rings (SSSR count). The third-order valence-electron chi connectivity index (χ3n) is 11.2. The Morgan fingerprint density at radius 3 is 1.98 bits per heavy atom. The predicted octanol–water partition coefficient (Wildman–Crippen LogP) is 8.95. The molecule has 1 saturated heterocycles. The second kappa shape index (κ2) is 19.6. The quantitative estimate of drug-likeness (QED) is 0.101. The molecule has 5 aromatic rings. The molecule has 2 aromatic carbocycles. The van der Waals surface area contributed by atoms with Crippen molar-refractivity contribution in [3.05, 3.63) is 94.9 Å². The van der Waals surface area contributed by atoms with Crippen molar-refractivity contribution >= 4 is 23.4 Å². The third kappa shape index (κ3) is 11.1. The lowest BCUT2D eigenvalue weighted by Gasteiger charge is -2.47. The van der Waals surface area contributed by atoms with Crippen LogP contribution in [0.2, 0.25) is 0 Å². The fourth-order valence-electron chi connectivity index (χ4n) is 7.97. The second-order valence-corrected chi connectivity index (χ2v) is 18.3. The van der Waals surface area contributed by atoms with Crippen LogP contribution in [0.3, 0.4) is 0 Å². The van der Waals surface area contributed by atoms with Crippen molar-refractivity contribution in [2.24, 2.45) is 5.41 Å². The van der Waals surface area contributed by atoms with E-state index in [1.165, 1.54) is 0 Å². The van der Waals surface area contributed by atoms with E-state index in [2.05, 4.69) is 44.4 Å². The van der Waals surface area contributed by atoms with Gasteiger partial charge in [0.05, 0.1) is 32.2 Å². The summed E-state index contributed by atoms with van der Waals surface area (Å²) in [7, 11) is 3.31. The number of carbonyl (C=O) groups excluding carboxylic acids is 1. The molecule has 0 saturated carbocycles. The van der Waals surface area contributed by atoms with Crippen molar-refractivity contribution in [2.45, 2.75) is 125 Å². The molecule has 0 radical (unpaired) electrons. The van der Waals surface area contributed by atoms with Crippen molar-refractivity contribution in [2.75, 3.05) is 43.7 Å². The van der Waals surface area contributed by atoms with E-state index in [4.69, 9.17) is 39.0 Å². The first-order chi connectivity index (χ1) is 29.5. The van der Waals surface area contributed by atoms with Gasteiger partial charge in [0.1, 0.15) is 35.1 Å². The van der Waals surface area contributed by atoms with Crippen molar-refractivity contribution in [3.63, 3.8) is 0 Å². The largest absolute Gasteiger partial charge is 0.497 e. The van der Waals surface area contributed by atoms with Gasteiger partial charge in [0.2, 0.25) is 0 Å². The van der Waals surface area contributed by atoms with Crippen LogP contribution in [0, 0.1) is 12.3 Å². The SMILES string of the molecule is CCCC(CCC)Oc1nc(N(Cc2ccc(OC)cc2)Cc2ccc(OC)cc2)c2ncc(C(O)c3cnc(N4CCN(C(=O)OC(C)(C)C)C(C(C)(C)C)C4)c(C)c3)n2n1. The molecule has 1 aliphatic rings.